The van der Waals surface area contributed by atoms with Crippen LogP contribution in [0.4, 0.5) is 0 Å². The normalized spacial score (nSPS) is 20.3. The van der Waals surface area contributed by atoms with Crippen LogP contribution in [-0.4, -0.2) is 18.2 Å². The number of piperidine rings is 1. The second kappa shape index (κ2) is 4.47. The molecule has 0 spiro atoms. The number of ketones is 1. The van der Waals surface area contributed by atoms with E-state index in [2.05, 4.69) is 5.32 Å². The molecular weight excluding hydrogens is 202 g/mol. The van der Waals surface area contributed by atoms with E-state index in [4.69, 9.17) is 0 Å². The number of carbonyl (C=O) groups excluding carboxylic acids is 2. The first-order valence-corrected chi connectivity index (χ1v) is 5.57. The Morgan fingerprint density at radius 3 is 2.81 bits per heavy atom. The molecule has 1 saturated heterocycles. The Morgan fingerprint density at radius 2 is 2.12 bits per heavy atom. The average molecular weight is 217 g/mol. The van der Waals surface area contributed by atoms with Crippen LogP contribution in [0.1, 0.15) is 28.8 Å². The molecule has 1 amide bonds. The second-order valence-electron chi connectivity index (χ2n) is 4.17. The molecule has 3 heteroatoms. The number of rotatable bonds is 2. The third kappa shape index (κ3) is 1.98. The summed E-state index contributed by atoms with van der Waals surface area (Å²) >= 11 is 0. The van der Waals surface area contributed by atoms with Crippen LogP contribution in [0, 0.1) is 12.8 Å². The molecule has 3 nitrogen and oxygen atoms in total. The van der Waals surface area contributed by atoms with Gasteiger partial charge in [-0.25, -0.2) is 0 Å². The highest BCUT2D eigenvalue weighted by Gasteiger charge is 2.30. The smallest absolute Gasteiger partial charge is 0.230 e. The first kappa shape index (κ1) is 10.9. The predicted molar refractivity (Wildman–Crippen MR) is 61.2 cm³/mol. The Hall–Kier alpha value is -1.64. The van der Waals surface area contributed by atoms with Crippen molar-refractivity contribution in [2.24, 2.45) is 5.92 Å². The van der Waals surface area contributed by atoms with Crippen molar-refractivity contribution in [2.45, 2.75) is 19.8 Å². The van der Waals surface area contributed by atoms with Crippen LogP contribution in [0.3, 0.4) is 0 Å². The third-order valence-electron chi connectivity index (χ3n) is 3.01. The van der Waals surface area contributed by atoms with E-state index in [1.165, 1.54) is 0 Å². The first-order chi connectivity index (χ1) is 7.70. The van der Waals surface area contributed by atoms with Gasteiger partial charge in [-0.2, -0.15) is 0 Å². The van der Waals surface area contributed by atoms with Crippen molar-refractivity contribution in [3.05, 3.63) is 35.4 Å². The summed E-state index contributed by atoms with van der Waals surface area (Å²) in [6.07, 6.45) is 1.55. The molecule has 0 radical (unpaired) electrons. The lowest BCUT2D eigenvalue weighted by Crippen LogP contribution is -2.40. The van der Waals surface area contributed by atoms with Gasteiger partial charge in [0.25, 0.3) is 0 Å². The Kier molecular flexibility index (Phi) is 3.04. The molecule has 1 aliphatic heterocycles. The zero-order valence-electron chi connectivity index (χ0n) is 9.32. The van der Waals surface area contributed by atoms with Gasteiger partial charge in [-0.15, -0.1) is 0 Å². The topological polar surface area (TPSA) is 46.2 Å². The highest BCUT2D eigenvalue weighted by Crippen LogP contribution is 2.19. The lowest BCUT2D eigenvalue weighted by atomic mass is 9.88. The predicted octanol–water partition coefficient (Wildman–Crippen LogP) is 1.70. The summed E-state index contributed by atoms with van der Waals surface area (Å²) in [5.74, 6) is -0.662. The van der Waals surface area contributed by atoms with Gasteiger partial charge in [0.05, 0.1) is 0 Å². The van der Waals surface area contributed by atoms with Crippen molar-refractivity contribution in [1.82, 2.24) is 5.32 Å². The summed E-state index contributed by atoms with van der Waals surface area (Å²) in [5, 5.41) is 2.74. The molecule has 1 N–H and O–H groups in total. The molecule has 0 saturated carbocycles. The minimum absolute atomic E-state index is 0.0460. The average Bonchev–Trinajstić information content (AvgIpc) is 2.29. The van der Waals surface area contributed by atoms with Crippen molar-refractivity contribution in [1.29, 1.82) is 0 Å². The number of hydrogen-bond acceptors (Lipinski definition) is 2. The minimum Gasteiger partial charge on any atom is -0.355 e. The van der Waals surface area contributed by atoms with Gasteiger partial charge < -0.3 is 5.32 Å². The van der Waals surface area contributed by atoms with Crippen LogP contribution in [0.2, 0.25) is 0 Å². The maximum atomic E-state index is 12.2. The number of Topliss-reactive ketones (excluding diaryl/α,β-unsaturated/α-hetero) is 1. The van der Waals surface area contributed by atoms with E-state index in [1.54, 1.807) is 6.07 Å². The summed E-state index contributed by atoms with van der Waals surface area (Å²) in [7, 11) is 0. The zero-order chi connectivity index (χ0) is 11.5. The molecule has 1 fully saturated rings. The SMILES string of the molecule is Cc1ccccc1C(=O)C1CCCNC1=O. The van der Waals surface area contributed by atoms with Crippen LogP contribution in [0.25, 0.3) is 0 Å². The molecule has 1 aliphatic rings. The number of hydrogen-bond donors (Lipinski definition) is 1. The third-order valence-corrected chi connectivity index (χ3v) is 3.01. The Bertz CT molecular complexity index is 426. The van der Waals surface area contributed by atoms with Crippen molar-refractivity contribution >= 4 is 11.7 Å². The molecule has 2 rings (SSSR count). The maximum Gasteiger partial charge on any atom is 0.230 e. The molecule has 16 heavy (non-hydrogen) atoms. The fourth-order valence-electron chi connectivity index (χ4n) is 2.06. The van der Waals surface area contributed by atoms with Gasteiger partial charge in [0.2, 0.25) is 5.91 Å². The number of benzene rings is 1. The van der Waals surface area contributed by atoms with E-state index in [0.29, 0.717) is 18.5 Å². The van der Waals surface area contributed by atoms with Crippen LogP contribution < -0.4 is 5.32 Å². The van der Waals surface area contributed by atoms with Gasteiger partial charge in [0.1, 0.15) is 5.92 Å². The monoisotopic (exact) mass is 217 g/mol. The lowest BCUT2D eigenvalue weighted by molar-refractivity contribution is -0.124. The van der Waals surface area contributed by atoms with E-state index in [-0.39, 0.29) is 11.7 Å². The van der Waals surface area contributed by atoms with Gasteiger partial charge in [0, 0.05) is 12.1 Å². The highest BCUT2D eigenvalue weighted by atomic mass is 16.2. The molecular formula is C13H15NO2. The minimum atomic E-state index is -0.491. The molecule has 1 heterocycles. The molecule has 0 bridgehead atoms. The molecule has 0 aliphatic carbocycles. The van der Waals surface area contributed by atoms with Crippen molar-refractivity contribution in [3.63, 3.8) is 0 Å². The van der Waals surface area contributed by atoms with Gasteiger partial charge in [-0.1, -0.05) is 24.3 Å². The fraction of sp³-hybridized carbons (Fsp3) is 0.385. The summed E-state index contributed by atoms with van der Waals surface area (Å²) in [4.78, 5) is 23.8. The van der Waals surface area contributed by atoms with E-state index in [1.807, 2.05) is 25.1 Å². The summed E-state index contributed by atoms with van der Waals surface area (Å²) in [6.45, 7) is 2.59. The molecule has 84 valence electrons. The van der Waals surface area contributed by atoms with Gasteiger partial charge in [-0.05, 0) is 25.3 Å². The lowest BCUT2D eigenvalue weighted by Gasteiger charge is -2.21. The number of carbonyl (C=O) groups is 2. The first-order valence-electron chi connectivity index (χ1n) is 5.57. The van der Waals surface area contributed by atoms with E-state index < -0.39 is 5.92 Å². The van der Waals surface area contributed by atoms with Crippen molar-refractivity contribution < 1.29 is 9.59 Å². The van der Waals surface area contributed by atoms with E-state index in [9.17, 15) is 9.59 Å². The summed E-state index contributed by atoms with van der Waals surface area (Å²) < 4.78 is 0. The largest absolute Gasteiger partial charge is 0.355 e. The summed E-state index contributed by atoms with van der Waals surface area (Å²) in [6, 6.07) is 7.42. The van der Waals surface area contributed by atoms with Gasteiger partial charge >= 0.3 is 0 Å². The second-order valence-corrected chi connectivity index (χ2v) is 4.17. The Morgan fingerprint density at radius 1 is 1.38 bits per heavy atom. The van der Waals surface area contributed by atoms with E-state index in [0.717, 1.165) is 12.0 Å². The summed E-state index contributed by atoms with van der Waals surface area (Å²) in [5.41, 5.74) is 1.61. The highest BCUT2D eigenvalue weighted by molar-refractivity contribution is 6.10. The Labute approximate surface area is 94.9 Å². The number of amides is 1. The van der Waals surface area contributed by atoms with Crippen molar-refractivity contribution in [3.8, 4) is 0 Å². The maximum absolute atomic E-state index is 12.2. The Balaban J connectivity index is 2.25. The van der Waals surface area contributed by atoms with Gasteiger partial charge in [0.15, 0.2) is 5.78 Å². The standard InChI is InChI=1S/C13H15NO2/c1-9-5-2-3-6-10(9)12(15)11-7-4-8-14-13(11)16/h2-3,5-6,11H,4,7-8H2,1H3,(H,14,16). The molecule has 1 unspecified atom stereocenters. The van der Waals surface area contributed by atoms with Crippen LogP contribution in [0.5, 0.6) is 0 Å². The number of nitrogens with one attached hydrogen (secondary N) is 1. The molecule has 1 aromatic rings. The van der Waals surface area contributed by atoms with Gasteiger partial charge in [-0.3, -0.25) is 9.59 Å². The van der Waals surface area contributed by atoms with Crippen LogP contribution in [0.15, 0.2) is 24.3 Å². The molecule has 0 aromatic heterocycles. The van der Waals surface area contributed by atoms with Crippen LogP contribution in [-0.2, 0) is 4.79 Å². The number of aryl methyl sites for hydroxylation is 1. The van der Waals surface area contributed by atoms with Crippen LogP contribution >= 0.6 is 0 Å². The van der Waals surface area contributed by atoms with Crippen molar-refractivity contribution in [2.75, 3.05) is 6.54 Å². The fourth-order valence-corrected chi connectivity index (χ4v) is 2.06. The quantitative estimate of drug-likeness (QED) is 0.605. The zero-order valence-corrected chi connectivity index (χ0v) is 9.32. The molecule has 1 atom stereocenters. The molecule has 1 aromatic carbocycles. The van der Waals surface area contributed by atoms with E-state index >= 15 is 0 Å².